The molecule has 0 spiro atoms. The molecule has 0 radical (unpaired) electrons. The quantitative estimate of drug-likeness (QED) is 0.635. The molecule has 0 saturated carbocycles. The summed E-state index contributed by atoms with van der Waals surface area (Å²) < 4.78 is 5.08. The van der Waals surface area contributed by atoms with E-state index in [9.17, 15) is 14.4 Å². The van der Waals surface area contributed by atoms with E-state index < -0.39 is 5.92 Å². The first kappa shape index (κ1) is 18.7. The highest BCUT2D eigenvalue weighted by atomic mass is 16.5. The normalized spacial score (nSPS) is 17.3. The van der Waals surface area contributed by atoms with Crippen LogP contribution in [0.25, 0.3) is 0 Å². The number of hydrogen-bond donors (Lipinski definition) is 1. The zero-order chi connectivity index (χ0) is 18.6. The van der Waals surface area contributed by atoms with Crippen molar-refractivity contribution < 1.29 is 19.1 Å². The fraction of sp³-hybridized carbons (Fsp3) is 0.421. The Balaban J connectivity index is 2.12. The molecule has 2 rings (SSSR count). The summed E-state index contributed by atoms with van der Waals surface area (Å²) in [7, 11) is 1.55. The van der Waals surface area contributed by atoms with Crippen LogP contribution in [-0.4, -0.2) is 31.4 Å². The molecule has 134 valence electrons. The van der Waals surface area contributed by atoms with Gasteiger partial charge in [0.25, 0.3) is 5.91 Å². The molecule has 0 aliphatic carbocycles. The molecule has 1 unspecified atom stereocenters. The predicted octanol–water partition coefficient (Wildman–Crippen LogP) is 2.29. The molecule has 0 bridgehead atoms. The van der Waals surface area contributed by atoms with Crippen LogP contribution in [0.5, 0.6) is 5.75 Å². The number of carbonyl (C=O) groups excluding carboxylic acids is 3. The minimum Gasteiger partial charge on any atom is -0.497 e. The second-order valence-electron chi connectivity index (χ2n) is 6.53. The van der Waals surface area contributed by atoms with Crippen LogP contribution in [0.3, 0.4) is 0 Å². The van der Waals surface area contributed by atoms with Crippen molar-refractivity contribution >= 4 is 23.4 Å². The number of hydrogen-bond acceptors (Lipinski definition) is 4. The topological polar surface area (TPSA) is 75.7 Å². The smallest absolute Gasteiger partial charge is 0.261 e. The molecule has 6 heteroatoms. The van der Waals surface area contributed by atoms with E-state index in [1.165, 1.54) is 0 Å². The highest BCUT2D eigenvalue weighted by Gasteiger charge is 2.35. The van der Waals surface area contributed by atoms with Crippen molar-refractivity contribution in [1.82, 2.24) is 5.32 Å². The fourth-order valence-electron chi connectivity index (χ4n) is 2.54. The highest BCUT2D eigenvalue weighted by molar-refractivity contribution is 6.28. The van der Waals surface area contributed by atoms with E-state index in [4.69, 9.17) is 4.74 Å². The Morgan fingerprint density at radius 3 is 2.44 bits per heavy atom. The number of rotatable bonds is 6. The molecule has 6 nitrogen and oxygen atoms in total. The minimum absolute atomic E-state index is 0.00661. The van der Waals surface area contributed by atoms with E-state index >= 15 is 0 Å². The van der Waals surface area contributed by atoms with Crippen LogP contribution in [0.4, 0.5) is 5.69 Å². The lowest BCUT2D eigenvalue weighted by Crippen LogP contribution is -2.32. The number of nitrogens with zero attached hydrogens (tertiary/aromatic N) is 1. The molecule has 1 aliphatic heterocycles. The van der Waals surface area contributed by atoms with Gasteiger partial charge in [-0.2, -0.15) is 0 Å². The van der Waals surface area contributed by atoms with Gasteiger partial charge in [-0.25, -0.2) is 4.90 Å². The number of ether oxygens (including phenoxy) is 1. The van der Waals surface area contributed by atoms with Crippen molar-refractivity contribution in [2.75, 3.05) is 18.6 Å². The Kier molecular flexibility index (Phi) is 5.96. The first-order chi connectivity index (χ1) is 11.8. The predicted molar refractivity (Wildman–Crippen MR) is 95.2 cm³/mol. The summed E-state index contributed by atoms with van der Waals surface area (Å²) in [5.74, 6) is -0.293. The van der Waals surface area contributed by atoms with Gasteiger partial charge < -0.3 is 10.1 Å². The van der Waals surface area contributed by atoms with E-state index in [2.05, 4.69) is 5.32 Å². The third-order valence-electron chi connectivity index (χ3n) is 3.95. The van der Waals surface area contributed by atoms with Crippen LogP contribution in [0.2, 0.25) is 0 Å². The average Bonchev–Trinajstić information content (AvgIpc) is 2.86. The molecule has 1 fully saturated rings. The van der Waals surface area contributed by atoms with Crippen LogP contribution in [0, 0.1) is 11.8 Å². The standard InChI is InChI=1S/C19H24N2O4/c1-12(2)11-20-18(23)13(3)9-14-10-17(22)21(19(14)24)15-5-7-16(25-4)8-6-15/h5-9,12-13H,10-11H2,1-4H3,(H,20,23)/b14-9+. The van der Waals surface area contributed by atoms with Crippen molar-refractivity contribution in [3.63, 3.8) is 0 Å². The molecular formula is C19H24N2O4. The van der Waals surface area contributed by atoms with Gasteiger partial charge >= 0.3 is 0 Å². The molecule has 1 aliphatic rings. The van der Waals surface area contributed by atoms with Crippen molar-refractivity contribution in [2.45, 2.75) is 27.2 Å². The van der Waals surface area contributed by atoms with Gasteiger partial charge in [0, 0.05) is 12.1 Å². The summed E-state index contributed by atoms with van der Waals surface area (Å²) in [4.78, 5) is 38.0. The number of benzene rings is 1. The Labute approximate surface area is 147 Å². The molecule has 1 aromatic carbocycles. The third kappa shape index (κ3) is 4.47. The first-order valence-electron chi connectivity index (χ1n) is 8.33. The fourth-order valence-corrected chi connectivity index (χ4v) is 2.54. The van der Waals surface area contributed by atoms with Crippen molar-refractivity contribution in [1.29, 1.82) is 0 Å². The maximum absolute atomic E-state index is 12.6. The maximum Gasteiger partial charge on any atom is 0.261 e. The zero-order valence-electron chi connectivity index (χ0n) is 15.0. The molecule has 0 aromatic heterocycles. The maximum atomic E-state index is 12.6. The van der Waals surface area contributed by atoms with Crippen LogP contribution in [0.15, 0.2) is 35.9 Å². The molecule has 3 amide bonds. The van der Waals surface area contributed by atoms with Crippen LogP contribution >= 0.6 is 0 Å². The Bertz CT molecular complexity index is 692. The van der Waals surface area contributed by atoms with Crippen molar-refractivity contribution in [3.05, 3.63) is 35.9 Å². The molecule has 1 aromatic rings. The SMILES string of the molecule is COc1ccc(N2C(=O)C/C(=C\C(C)C(=O)NCC(C)C)C2=O)cc1. The number of anilines is 1. The van der Waals surface area contributed by atoms with Gasteiger partial charge in [-0.15, -0.1) is 0 Å². The van der Waals surface area contributed by atoms with Gasteiger partial charge in [0.05, 0.1) is 25.1 Å². The number of carbonyl (C=O) groups is 3. The summed E-state index contributed by atoms with van der Waals surface area (Å²) in [6.07, 6.45) is 1.59. The zero-order valence-corrected chi connectivity index (χ0v) is 15.0. The second kappa shape index (κ2) is 7.96. The third-order valence-corrected chi connectivity index (χ3v) is 3.95. The number of amides is 3. The molecular weight excluding hydrogens is 320 g/mol. The molecule has 1 heterocycles. The second-order valence-corrected chi connectivity index (χ2v) is 6.53. The van der Waals surface area contributed by atoms with E-state index in [1.54, 1.807) is 44.4 Å². The van der Waals surface area contributed by atoms with E-state index in [-0.39, 0.29) is 24.1 Å². The van der Waals surface area contributed by atoms with E-state index in [1.807, 2.05) is 13.8 Å². The first-order valence-corrected chi connectivity index (χ1v) is 8.33. The minimum atomic E-state index is -0.471. The van der Waals surface area contributed by atoms with Crippen molar-refractivity contribution in [3.8, 4) is 5.75 Å². The molecule has 1 saturated heterocycles. The van der Waals surface area contributed by atoms with Gasteiger partial charge in [0.15, 0.2) is 0 Å². The highest BCUT2D eigenvalue weighted by Crippen LogP contribution is 2.28. The summed E-state index contributed by atoms with van der Waals surface area (Å²) in [6, 6.07) is 6.71. The largest absolute Gasteiger partial charge is 0.497 e. The van der Waals surface area contributed by atoms with Crippen molar-refractivity contribution in [2.24, 2.45) is 11.8 Å². The van der Waals surface area contributed by atoms with Gasteiger partial charge in [-0.1, -0.05) is 26.8 Å². The molecule has 1 atom stereocenters. The lowest BCUT2D eigenvalue weighted by Gasteiger charge is -2.14. The molecule has 25 heavy (non-hydrogen) atoms. The van der Waals surface area contributed by atoms with Gasteiger partial charge in [0.1, 0.15) is 5.75 Å². The van der Waals surface area contributed by atoms with Gasteiger partial charge in [-0.3, -0.25) is 14.4 Å². The summed E-state index contributed by atoms with van der Waals surface area (Å²) in [5, 5.41) is 2.83. The van der Waals surface area contributed by atoms with Gasteiger partial charge in [0.2, 0.25) is 11.8 Å². The Morgan fingerprint density at radius 2 is 1.88 bits per heavy atom. The van der Waals surface area contributed by atoms with Crippen LogP contribution in [0.1, 0.15) is 27.2 Å². The molecule has 1 N–H and O–H groups in total. The van der Waals surface area contributed by atoms with E-state index in [0.29, 0.717) is 29.5 Å². The number of methoxy groups -OCH3 is 1. The Morgan fingerprint density at radius 1 is 1.24 bits per heavy atom. The lowest BCUT2D eigenvalue weighted by molar-refractivity contribution is -0.123. The lowest BCUT2D eigenvalue weighted by atomic mass is 10.1. The van der Waals surface area contributed by atoms with Crippen LogP contribution in [-0.2, 0) is 14.4 Å². The Hall–Kier alpha value is -2.63. The van der Waals surface area contributed by atoms with E-state index in [0.717, 1.165) is 4.90 Å². The average molecular weight is 344 g/mol. The summed E-state index contributed by atoms with van der Waals surface area (Å²) in [6.45, 7) is 6.32. The van der Waals surface area contributed by atoms with Gasteiger partial charge in [-0.05, 0) is 30.2 Å². The number of imide groups is 1. The number of nitrogens with one attached hydrogen (secondary N) is 1. The summed E-state index contributed by atoms with van der Waals surface area (Å²) >= 11 is 0. The van der Waals surface area contributed by atoms with Crippen LogP contribution < -0.4 is 15.0 Å². The monoisotopic (exact) mass is 344 g/mol. The summed E-state index contributed by atoms with van der Waals surface area (Å²) in [5.41, 5.74) is 0.851.